The molecule has 1 heterocycles. The molecule has 1 aliphatic carbocycles. The highest BCUT2D eigenvalue weighted by Gasteiger charge is 2.24. The number of fused-ring (bicyclic) bond motifs is 2. The minimum absolute atomic E-state index is 0.0203. The summed E-state index contributed by atoms with van der Waals surface area (Å²) in [7, 11) is 0. The molecule has 0 fully saturated rings. The highest BCUT2D eigenvalue weighted by molar-refractivity contribution is 6.03. The number of nitrogens with zero attached hydrogens (tertiary/aromatic N) is 1. The van der Waals surface area contributed by atoms with Crippen molar-refractivity contribution in [3.63, 3.8) is 0 Å². The van der Waals surface area contributed by atoms with E-state index in [4.69, 9.17) is 4.74 Å². The van der Waals surface area contributed by atoms with E-state index in [1.54, 1.807) is 6.20 Å². The monoisotopic (exact) mass is 346 g/mol. The number of esters is 1. The highest BCUT2D eigenvalue weighted by Crippen LogP contribution is 2.30. The molecule has 5 heteroatoms. The number of carbonyl (C=O) groups is 2. The molecule has 0 saturated heterocycles. The maximum Gasteiger partial charge on any atom is 0.358 e. The summed E-state index contributed by atoms with van der Waals surface area (Å²) < 4.78 is 5.18. The van der Waals surface area contributed by atoms with Crippen molar-refractivity contribution in [3.8, 4) is 0 Å². The molecule has 3 aromatic rings. The van der Waals surface area contributed by atoms with Crippen molar-refractivity contribution in [2.24, 2.45) is 0 Å². The average Bonchev–Trinajstić information content (AvgIpc) is 3.08. The van der Waals surface area contributed by atoms with E-state index in [0.29, 0.717) is 5.39 Å². The third-order valence-corrected chi connectivity index (χ3v) is 4.67. The van der Waals surface area contributed by atoms with Crippen LogP contribution in [0.1, 0.15) is 34.1 Å². The SMILES string of the molecule is O=C(COC(=O)c1nccc2ccccc12)NC1CCc2ccccc21. The lowest BCUT2D eigenvalue weighted by Crippen LogP contribution is -2.31. The first kappa shape index (κ1) is 16.3. The minimum Gasteiger partial charge on any atom is -0.451 e. The fraction of sp³-hybridized carbons (Fsp3) is 0.190. The van der Waals surface area contributed by atoms with Gasteiger partial charge in [-0.05, 0) is 35.4 Å². The van der Waals surface area contributed by atoms with Gasteiger partial charge in [0.25, 0.3) is 5.91 Å². The van der Waals surface area contributed by atoms with Gasteiger partial charge < -0.3 is 10.1 Å². The molecule has 0 aliphatic heterocycles. The molecule has 1 amide bonds. The zero-order valence-electron chi connectivity index (χ0n) is 14.1. The van der Waals surface area contributed by atoms with Crippen LogP contribution in [0.3, 0.4) is 0 Å². The van der Waals surface area contributed by atoms with Crippen LogP contribution in [-0.2, 0) is 16.0 Å². The van der Waals surface area contributed by atoms with Gasteiger partial charge in [0.2, 0.25) is 0 Å². The number of rotatable bonds is 4. The van der Waals surface area contributed by atoms with Crippen LogP contribution >= 0.6 is 0 Å². The van der Waals surface area contributed by atoms with Crippen LogP contribution in [0, 0.1) is 0 Å². The molecule has 4 rings (SSSR count). The van der Waals surface area contributed by atoms with Gasteiger partial charge in [0.1, 0.15) is 0 Å². The number of amides is 1. The number of ether oxygens (including phenoxy) is 1. The third-order valence-electron chi connectivity index (χ3n) is 4.67. The number of aryl methyl sites for hydroxylation is 1. The van der Waals surface area contributed by atoms with Crippen LogP contribution in [0.25, 0.3) is 10.8 Å². The number of pyridine rings is 1. The fourth-order valence-electron chi connectivity index (χ4n) is 3.42. The van der Waals surface area contributed by atoms with Gasteiger partial charge in [-0.1, -0.05) is 48.5 Å². The fourth-order valence-corrected chi connectivity index (χ4v) is 3.42. The van der Waals surface area contributed by atoms with Gasteiger partial charge >= 0.3 is 5.97 Å². The molecule has 1 unspecified atom stereocenters. The number of carbonyl (C=O) groups excluding carboxylic acids is 2. The normalized spacial score (nSPS) is 15.5. The Morgan fingerprint density at radius 3 is 2.81 bits per heavy atom. The second-order valence-corrected chi connectivity index (χ2v) is 6.31. The Morgan fingerprint density at radius 1 is 1.08 bits per heavy atom. The molecule has 1 aliphatic rings. The first-order chi connectivity index (χ1) is 12.7. The van der Waals surface area contributed by atoms with Crippen molar-refractivity contribution in [3.05, 3.63) is 77.6 Å². The Hall–Kier alpha value is -3.21. The van der Waals surface area contributed by atoms with Gasteiger partial charge in [0.15, 0.2) is 12.3 Å². The molecule has 0 radical (unpaired) electrons. The first-order valence-electron chi connectivity index (χ1n) is 8.60. The predicted octanol–water partition coefficient (Wildman–Crippen LogP) is 3.20. The van der Waals surface area contributed by atoms with E-state index in [1.807, 2.05) is 48.5 Å². The van der Waals surface area contributed by atoms with E-state index in [0.717, 1.165) is 23.8 Å². The smallest absolute Gasteiger partial charge is 0.358 e. The summed E-state index contributed by atoms with van der Waals surface area (Å²) in [6.45, 7) is -0.317. The van der Waals surface area contributed by atoms with E-state index < -0.39 is 5.97 Å². The molecule has 1 N–H and O–H groups in total. The van der Waals surface area contributed by atoms with Crippen molar-refractivity contribution < 1.29 is 14.3 Å². The number of hydrogen-bond acceptors (Lipinski definition) is 4. The Kier molecular flexibility index (Phi) is 4.35. The van der Waals surface area contributed by atoms with E-state index in [-0.39, 0.29) is 24.2 Å². The zero-order chi connectivity index (χ0) is 17.9. The van der Waals surface area contributed by atoms with Crippen LogP contribution < -0.4 is 5.32 Å². The number of hydrogen-bond donors (Lipinski definition) is 1. The second kappa shape index (κ2) is 6.96. The van der Waals surface area contributed by atoms with Crippen LogP contribution in [0.4, 0.5) is 0 Å². The molecule has 1 atom stereocenters. The maximum absolute atomic E-state index is 12.3. The summed E-state index contributed by atoms with van der Waals surface area (Å²) in [6, 6.07) is 17.3. The van der Waals surface area contributed by atoms with Crippen LogP contribution in [0.15, 0.2) is 60.8 Å². The Morgan fingerprint density at radius 2 is 1.88 bits per heavy atom. The second-order valence-electron chi connectivity index (χ2n) is 6.31. The average molecular weight is 346 g/mol. The molecule has 1 aromatic heterocycles. The predicted molar refractivity (Wildman–Crippen MR) is 97.7 cm³/mol. The summed E-state index contributed by atoms with van der Waals surface area (Å²) in [5, 5.41) is 4.56. The van der Waals surface area contributed by atoms with Crippen molar-refractivity contribution in [2.45, 2.75) is 18.9 Å². The van der Waals surface area contributed by atoms with Crippen LogP contribution in [0.2, 0.25) is 0 Å². The van der Waals surface area contributed by atoms with Gasteiger partial charge in [-0.15, -0.1) is 0 Å². The van der Waals surface area contributed by atoms with Crippen LogP contribution in [0.5, 0.6) is 0 Å². The summed E-state index contributed by atoms with van der Waals surface area (Å²) >= 11 is 0. The molecule has 0 bridgehead atoms. The Labute approximate surface area is 151 Å². The summed E-state index contributed by atoms with van der Waals surface area (Å²) in [5.74, 6) is -0.899. The Balaban J connectivity index is 1.39. The molecule has 130 valence electrons. The summed E-state index contributed by atoms with van der Waals surface area (Å²) in [4.78, 5) is 28.6. The zero-order valence-corrected chi connectivity index (χ0v) is 14.1. The lowest BCUT2D eigenvalue weighted by Gasteiger charge is -2.14. The van der Waals surface area contributed by atoms with E-state index in [9.17, 15) is 9.59 Å². The molecular weight excluding hydrogens is 328 g/mol. The molecule has 26 heavy (non-hydrogen) atoms. The summed E-state index contributed by atoms with van der Waals surface area (Å²) in [5.41, 5.74) is 2.62. The first-order valence-corrected chi connectivity index (χ1v) is 8.60. The molecular formula is C21H18N2O3. The number of aromatic nitrogens is 1. The van der Waals surface area contributed by atoms with Gasteiger partial charge in [0.05, 0.1) is 6.04 Å². The van der Waals surface area contributed by atoms with Crippen molar-refractivity contribution in [2.75, 3.05) is 6.61 Å². The largest absolute Gasteiger partial charge is 0.451 e. The van der Waals surface area contributed by atoms with Gasteiger partial charge in [0, 0.05) is 11.6 Å². The van der Waals surface area contributed by atoms with Gasteiger partial charge in [-0.3, -0.25) is 4.79 Å². The van der Waals surface area contributed by atoms with Gasteiger partial charge in [-0.25, -0.2) is 9.78 Å². The summed E-state index contributed by atoms with van der Waals surface area (Å²) in [6.07, 6.45) is 3.37. The quantitative estimate of drug-likeness (QED) is 0.737. The molecule has 2 aromatic carbocycles. The number of nitrogens with one attached hydrogen (secondary N) is 1. The van der Waals surface area contributed by atoms with E-state index in [2.05, 4.69) is 16.4 Å². The topological polar surface area (TPSA) is 68.3 Å². The Bertz CT molecular complexity index is 978. The third kappa shape index (κ3) is 3.16. The minimum atomic E-state index is -0.594. The van der Waals surface area contributed by atoms with E-state index in [1.165, 1.54) is 5.56 Å². The van der Waals surface area contributed by atoms with E-state index >= 15 is 0 Å². The van der Waals surface area contributed by atoms with Crippen LogP contribution in [-0.4, -0.2) is 23.5 Å². The van der Waals surface area contributed by atoms with Gasteiger partial charge in [-0.2, -0.15) is 0 Å². The number of benzene rings is 2. The lowest BCUT2D eigenvalue weighted by molar-refractivity contribution is -0.125. The molecule has 0 saturated carbocycles. The van der Waals surface area contributed by atoms with Crippen molar-refractivity contribution in [1.29, 1.82) is 0 Å². The van der Waals surface area contributed by atoms with Crippen molar-refractivity contribution >= 4 is 22.6 Å². The lowest BCUT2D eigenvalue weighted by atomic mass is 10.1. The molecule has 0 spiro atoms. The standard InChI is InChI=1S/C21H18N2O3/c24-19(23-18-10-9-14-5-1-3-7-16(14)18)13-26-21(25)20-17-8-4-2-6-15(17)11-12-22-20/h1-8,11-12,18H,9-10,13H2,(H,23,24). The highest BCUT2D eigenvalue weighted by atomic mass is 16.5. The van der Waals surface area contributed by atoms with Crippen molar-refractivity contribution in [1.82, 2.24) is 10.3 Å². The maximum atomic E-state index is 12.3. The molecule has 5 nitrogen and oxygen atoms in total.